The number of anilines is 1. The number of amides is 2. The average Bonchev–Trinajstić information content (AvgIpc) is 3.33. The standard InChI is InChI=1S/C36H54N2O6/c1-21(9-13-31(41)38-29(34(43)44)12-14-32(42)37-28-8-6-5-7-22(28)2)25-10-11-26-33-27(16-18-36(25,26)4)35(3)17-15-24(39)19-23(35)20-30(33)40/h5-8,21,23-27,29-30,33,39-40H,9-20H2,1-4H3,(H,37,42)(H,38,41)(H,43,44)/t21-,23-,24-,25-,26+,27+,29+,30-,33+,35+,36-/m1/s1. The number of carbonyl (C=O) groups excluding carboxylic acids is 2. The lowest BCUT2D eigenvalue weighted by molar-refractivity contribution is -0.174. The van der Waals surface area contributed by atoms with Gasteiger partial charge in [-0.15, -0.1) is 0 Å². The summed E-state index contributed by atoms with van der Waals surface area (Å²) in [5.41, 5.74) is 1.96. The maximum Gasteiger partial charge on any atom is 0.326 e. The van der Waals surface area contributed by atoms with Gasteiger partial charge in [-0.3, -0.25) is 9.59 Å². The largest absolute Gasteiger partial charge is 0.480 e. The number of aryl methyl sites for hydroxylation is 1. The molecule has 11 atom stereocenters. The SMILES string of the molecule is Cc1ccccc1NC(=O)CC[C@H](NC(=O)CC[C@@H](C)[C@H]1CC[C@H]2[C@@H]3[C@H](O)C[C@H]4C[C@H](O)CC[C@]4(C)[C@H]3CC[C@]12C)C(=O)O. The number of nitrogens with one attached hydrogen (secondary N) is 2. The molecule has 8 heteroatoms. The van der Waals surface area contributed by atoms with E-state index >= 15 is 0 Å². The smallest absolute Gasteiger partial charge is 0.326 e. The highest BCUT2D eigenvalue weighted by Gasteiger charge is 2.62. The molecule has 0 aromatic heterocycles. The molecule has 4 aliphatic rings. The van der Waals surface area contributed by atoms with Crippen molar-refractivity contribution in [3.8, 4) is 0 Å². The van der Waals surface area contributed by atoms with Gasteiger partial charge in [0.2, 0.25) is 11.8 Å². The number of aliphatic hydroxyl groups excluding tert-OH is 2. The second-order valence-electron chi connectivity index (χ2n) is 15.3. The fourth-order valence-corrected chi connectivity index (χ4v) is 10.5. The number of aliphatic hydroxyl groups is 2. The second kappa shape index (κ2) is 13.1. The molecule has 0 saturated heterocycles. The van der Waals surface area contributed by atoms with Gasteiger partial charge in [0.1, 0.15) is 6.04 Å². The Hall–Kier alpha value is -2.45. The molecule has 5 rings (SSSR count). The number of benzene rings is 1. The molecule has 0 heterocycles. The Balaban J connectivity index is 1.14. The molecule has 4 saturated carbocycles. The predicted octanol–water partition coefficient (Wildman–Crippen LogP) is 5.69. The van der Waals surface area contributed by atoms with E-state index in [-0.39, 0.29) is 54.1 Å². The summed E-state index contributed by atoms with van der Waals surface area (Å²) in [6, 6.07) is 6.31. The summed E-state index contributed by atoms with van der Waals surface area (Å²) in [4.78, 5) is 37.3. The Morgan fingerprint density at radius 1 is 0.909 bits per heavy atom. The van der Waals surface area contributed by atoms with E-state index in [0.717, 1.165) is 56.9 Å². The van der Waals surface area contributed by atoms with E-state index in [0.29, 0.717) is 47.6 Å². The Morgan fingerprint density at radius 3 is 2.32 bits per heavy atom. The van der Waals surface area contributed by atoms with Crippen LogP contribution in [0.1, 0.15) is 103 Å². The van der Waals surface area contributed by atoms with Gasteiger partial charge in [-0.1, -0.05) is 39.0 Å². The highest BCUT2D eigenvalue weighted by Crippen LogP contribution is 2.68. The number of hydrogen-bond acceptors (Lipinski definition) is 5. The van der Waals surface area contributed by atoms with E-state index in [1.807, 2.05) is 25.1 Å². The summed E-state index contributed by atoms with van der Waals surface area (Å²) >= 11 is 0. The maximum atomic E-state index is 12.9. The van der Waals surface area contributed by atoms with Crippen LogP contribution >= 0.6 is 0 Å². The summed E-state index contributed by atoms with van der Waals surface area (Å²) < 4.78 is 0. The van der Waals surface area contributed by atoms with Gasteiger partial charge in [0.15, 0.2) is 0 Å². The molecule has 0 bridgehead atoms. The number of hydrogen-bond donors (Lipinski definition) is 5. The molecule has 0 radical (unpaired) electrons. The molecule has 1 aromatic rings. The zero-order valence-corrected chi connectivity index (χ0v) is 27.1. The first-order chi connectivity index (χ1) is 20.8. The van der Waals surface area contributed by atoms with Crippen molar-refractivity contribution in [2.75, 3.05) is 5.32 Å². The number of fused-ring (bicyclic) bond motifs is 5. The van der Waals surface area contributed by atoms with Gasteiger partial charge in [0.05, 0.1) is 12.2 Å². The Morgan fingerprint density at radius 2 is 1.59 bits per heavy atom. The van der Waals surface area contributed by atoms with E-state index in [9.17, 15) is 29.7 Å². The predicted molar refractivity (Wildman–Crippen MR) is 170 cm³/mol. The molecule has 4 fully saturated rings. The molecule has 0 unspecified atom stereocenters. The van der Waals surface area contributed by atoms with Crippen LogP contribution in [0.4, 0.5) is 5.69 Å². The van der Waals surface area contributed by atoms with E-state index in [4.69, 9.17) is 0 Å². The van der Waals surface area contributed by atoms with Crippen molar-refractivity contribution in [1.82, 2.24) is 5.32 Å². The number of rotatable bonds is 10. The molecule has 4 aliphatic carbocycles. The zero-order chi connectivity index (χ0) is 31.8. The number of carbonyl (C=O) groups is 3. The van der Waals surface area contributed by atoms with Crippen molar-refractivity contribution in [3.63, 3.8) is 0 Å². The van der Waals surface area contributed by atoms with Crippen LogP contribution in [0.3, 0.4) is 0 Å². The molecule has 8 nitrogen and oxygen atoms in total. The molecular formula is C36H54N2O6. The van der Waals surface area contributed by atoms with Crippen molar-refractivity contribution in [2.45, 2.75) is 123 Å². The van der Waals surface area contributed by atoms with Crippen LogP contribution in [0, 0.1) is 53.3 Å². The molecule has 0 spiro atoms. The fourth-order valence-electron chi connectivity index (χ4n) is 10.5. The van der Waals surface area contributed by atoms with E-state index in [1.165, 1.54) is 0 Å². The van der Waals surface area contributed by atoms with Gasteiger partial charge in [-0.2, -0.15) is 0 Å². The van der Waals surface area contributed by atoms with E-state index in [2.05, 4.69) is 31.4 Å². The molecule has 2 amide bonds. The normalized spacial score (nSPS) is 37.5. The molecular weight excluding hydrogens is 556 g/mol. The van der Waals surface area contributed by atoms with Gasteiger partial charge in [0.25, 0.3) is 0 Å². The van der Waals surface area contributed by atoms with Gasteiger partial charge >= 0.3 is 5.97 Å². The minimum atomic E-state index is -1.13. The van der Waals surface area contributed by atoms with Crippen LogP contribution in [0.2, 0.25) is 0 Å². The summed E-state index contributed by atoms with van der Waals surface area (Å²) in [5, 5.41) is 37.1. The average molecular weight is 611 g/mol. The van der Waals surface area contributed by atoms with Crippen LogP contribution in [-0.2, 0) is 14.4 Å². The van der Waals surface area contributed by atoms with Crippen molar-refractivity contribution >= 4 is 23.5 Å². The van der Waals surface area contributed by atoms with Gasteiger partial charge in [-0.25, -0.2) is 4.79 Å². The van der Waals surface area contributed by atoms with Crippen LogP contribution < -0.4 is 10.6 Å². The second-order valence-corrected chi connectivity index (χ2v) is 15.3. The fraction of sp³-hybridized carbons (Fsp3) is 0.750. The van der Waals surface area contributed by atoms with Gasteiger partial charge in [-0.05, 0) is 129 Å². The molecule has 1 aromatic carbocycles. The Bertz CT molecular complexity index is 1220. The van der Waals surface area contributed by atoms with Gasteiger partial charge in [0, 0.05) is 18.5 Å². The van der Waals surface area contributed by atoms with Crippen molar-refractivity contribution < 1.29 is 29.7 Å². The monoisotopic (exact) mass is 610 g/mol. The van der Waals surface area contributed by atoms with Crippen LogP contribution in [0.5, 0.6) is 0 Å². The first-order valence-electron chi connectivity index (χ1n) is 17.1. The first-order valence-corrected chi connectivity index (χ1v) is 17.1. The summed E-state index contributed by atoms with van der Waals surface area (Å²) in [5.74, 6) is 0.778. The summed E-state index contributed by atoms with van der Waals surface area (Å²) in [6.07, 6.45) is 8.48. The van der Waals surface area contributed by atoms with Crippen LogP contribution in [0.15, 0.2) is 24.3 Å². The third-order valence-electron chi connectivity index (χ3n) is 13.0. The summed E-state index contributed by atoms with van der Waals surface area (Å²) in [7, 11) is 0. The van der Waals surface area contributed by atoms with Crippen LogP contribution in [0.25, 0.3) is 0 Å². The van der Waals surface area contributed by atoms with E-state index < -0.39 is 12.0 Å². The third kappa shape index (κ3) is 6.44. The lowest BCUT2D eigenvalue weighted by Gasteiger charge is -2.62. The third-order valence-corrected chi connectivity index (χ3v) is 13.0. The maximum absolute atomic E-state index is 12.9. The summed E-state index contributed by atoms with van der Waals surface area (Å²) in [6.45, 7) is 8.99. The zero-order valence-electron chi connectivity index (χ0n) is 27.1. The van der Waals surface area contributed by atoms with Gasteiger partial charge < -0.3 is 26.0 Å². The number of aliphatic carboxylic acids is 1. The number of carboxylic acid groups (broad SMARTS) is 1. The quantitative estimate of drug-likeness (QED) is 0.231. The van der Waals surface area contributed by atoms with Crippen molar-refractivity contribution in [3.05, 3.63) is 29.8 Å². The lowest BCUT2D eigenvalue weighted by atomic mass is 9.43. The highest BCUT2D eigenvalue weighted by molar-refractivity contribution is 5.92. The Kier molecular flexibility index (Phi) is 9.81. The minimum absolute atomic E-state index is 0.00180. The molecule has 0 aliphatic heterocycles. The van der Waals surface area contributed by atoms with Crippen LogP contribution in [-0.4, -0.2) is 51.4 Å². The van der Waals surface area contributed by atoms with E-state index in [1.54, 1.807) is 6.07 Å². The number of para-hydroxylation sites is 1. The highest BCUT2D eigenvalue weighted by atomic mass is 16.4. The molecule has 44 heavy (non-hydrogen) atoms. The Labute approximate surface area is 262 Å². The lowest BCUT2D eigenvalue weighted by Crippen LogP contribution is -2.58. The van der Waals surface area contributed by atoms with Crippen molar-refractivity contribution in [1.29, 1.82) is 0 Å². The molecule has 5 N–H and O–H groups in total. The topological polar surface area (TPSA) is 136 Å². The minimum Gasteiger partial charge on any atom is -0.480 e. The van der Waals surface area contributed by atoms with Crippen molar-refractivity contribution in [2.24, 2.45) is 46.3 Å². The molecule has 244 valence electrons. The first kappa shape index (κ1) is 32.9. The number of carboxylic acids is 1.